The van der Waals surface area contributed by atoms with Crippen LogP contribution in [-0.2, 0) is 5.41 Å². The number of imidazole rings is 1. The smallest absolute Gasteiger partial charge is 0.166 e. The molecule has 4 aromatic heterocycles. The maximum atomic E-state index is 5.91. The largest absolute Gasteiger partial charge is 0.493 e. The van der Waals surface area contributed by atoms with Gasteiger partial charge in [-0.3, -0.25) is 0 Å². The normalized spacial score (nSPS) is 11.4. The fourth-order valence-electron chi connectivity index (χ4n) is 3.25. The fraction of sp³-hybridized carbons (Fsp3) is 0.261. The Labute approximate surface area is 191 Å². The Morgan fingerprint density at radius 3 is 2.06 bits per heavy atom. The maximum absolute atomic E-state index is 5.91. The lowest BCUT2D eigenvalue weighted by Crippen LogP contribution is -2.13. The number of rotatable bonds is 5. The number of ether oxygens (including phenoxy) is 2. The Balaban J connectivity index is 1.87. The predicted octanol–water partition coefficient (Wildman–Crippen LogP) is 3.47. The molecule has 33 heavy (non-hydrogen) atoms. The first kappa shape index (κ1) is 22.0. The van der Waals surface area contributed by atoms with Crippen molar-refractivity contribution in [3.05, 3.63) is 42.6 Å². The summed E-state index contributed by atoms with van der Waals surface area (Å²) in [6, 6.07) is 5.38. The minimum absolute atomic E-state index is 0.220. The Kier molecular flexibility index (Phi) is 5.59. The lowest BCUT2D eigenvalue weighted by atomic mass is 9.96. The van der Waals surface area contributed by atoms with Crippen molar-refractivity contribution in [2.45, 2.75) is 26.2 Å². The molecule has 0 aliphatic rings. The van der Waals surface area contributed by atoms with Gasteiger partial charge in [-0.05, 0) is 18.2 Å². The standard InChI is InChI=1S/C23H26N8O2/c1-23(2,3)22-30-17(12-8-15(32-4)19(24)27-10-12)18(31-22)14-6-7-26-21(29-14)13-9-16(33-5)20(25)28-11-13/h6-11H,1-5H3,(H2,24,27)(H2,25,28)(H,30,31). The van der Waals surface area contributed by atoms with Crippen molar-refractivity contribution in [1.29, 1.82) is 0 Å². The van der Waals surface area contributed by atoms with Gasteiger partial charge in [-0.2, -0.15) is 0 Å². The topological polar surface area (TPSA) is 151 Å². The number of hydrogen-bond acceptors (Lipinski definition) is 9. The van der Waals surface area contributed by atoms with Crippen molar-refractivity contribution in [1.82, 2.24) is 29.9 Å². The first-order chi connectivity index (χ1) is 15.7. The molecule has 0 amide bonds. The molecule has 5 N–H and O–H groups in total. The zero-order chi connectivity index (χ0) is 23.8. The quantitative estimate of drug-likeness (QED) is 0.418. The van der Waals surface area contributed by atoms with Crippen LogP contribution in [0.4, 0.5) is 11.6 Å². The monoisotopic (exact) mass is 446 g/mol. The first-order valence-corrected chi connectivity index (χ1v) is 10.2. The van der Waals surface area contributed by atoms with Crippen molar-refractivity contribution >= 4 is 11.6 Å². The van der Waals surface area contributed by atoms with E-state index in [2.05, 4.69) is 40.7 Å². The van der Waals surface area contributed by atoms with E-state index in [0.717, 1.165) is 17.1 Å². The molecule has 0 aromatic carbocycles. The average molecular weight is 447 g/mol. The first-order valence-electron chi connectivity index (χ1n) is 10.2. The highest BCUT2D eigenvalue weighted by Gasteiger charge is 2.24. The summed E-state index contributed by atoms with van der Waals surface area (Å²) >= 11 is 0. The van der Waals surface area contributed by atoms with Gasteiger partial charge in [0.25, 0.3) is 0 Å². The molecule has 0 unspecified atom stereocenters. The number of aromatic nitrogens is 6. The van der Waals surface area contributed by atoms with Crippen LogP contribution in [0.3, 0.4) is 0 Å². The SMILES string of the molecule is COc1cc(-c2nccc(-c3[nH]c(C(C)(C)C)nc3-c3cnc(N)c(OC)c3)n2)cnc1N. The summed E-state index contributed by atoms with van der Waals surface area (Å²) in [4.78, 5) is 25.9. The van der Waals surface area contributed by atoms with E-state index in [9.17, 15) is 0 Å². The third-order valence-electron chi connectivity index (χ3n) is 5.06. The summed E-state index contributed by atoms with van der Waals surface area (Å²) in [6.07, 6.45) is 4.96. The molecule has 0 atom stereocenters. The number of nitrogens with zero attached hydrogens (tertiary/aromatic N) is 5. The second-order valence-corrected chi connectivity index (χ2v) is 8.45. The van der Waals surface area contributed by atoms with Crippen LogP contribution in [0, 0.1) is 0 Å². The van der Waals surface area contributed by atoms with Gasteiger partial charge in [0.15, 0.2) is 29.0 Å². The minimum atomic E-state index is -0.220. The number of aromatic amines is 1. The third kappa shape index (κ3) is 4.27. The summed E-state index contributed by atoms with van der Waals surface area (Å²) in [5, 5.41) is 0. The second-order valence-electron chi connectivity index (χ2n) is 8.45. The number of H-pyrrole nitrogens is 1. The summed E-state index contributed by atoms with van der Waals surface area (Å²) in [5.74, 6) is 2.82. The molecule has 0 bridgehead atoms. The van der Waals surface area contributed by atoms with Crippen molar-refractivity contribution in [3.63, 3.8) is 0 Å². The van der Waals surface area contributed by atoms with Gasteiger partial charge in [-0.25, -0.2) is 24.9 Å². The van der Waals surface area contributed by atoms with Crippen LogP contribution in [0.25, 0.3) is 34.0 Å². The van der Waals surface area contributed by atoms with Gasteiger partial charge < -0.3 is 25.9 Å². The highest BCUT2D eigenvalue weighted by atomic mass is 16.5. The number of nitrogen functional groups attached to an aromatic ring is 2. The van der Waals surface area contributed by atoms with Gasteiger partial charge in [0.2, 0.25) is 0 Å². The van der Waals surface area contributed by atoms with E-state index in [1.165, 1.54) is 7.11 Å². The van der Waals surface area contributed by atoms with Crippen LogP contribution in [0.15, 0.2) is 36.8 Å². The molecule has 10 heteroatoms. The molecule has 170 valence electrons. The van der Waals surface area contributed by atoms with Crippen molar-refractivity contribution in [3.8, 4) is 45.5 Å². The lowest BCUT2D eigenvalue weighted by Gasteiger charge is -2.14. The molecule has 10 nitrogen and oxygen atoms in total. The van der Waals surface area contributed by atoms with Crippen LogP contribution in [0.5, 0.6) is 11.5 Å². The number of hydrogen-bond donors (Lipinski definition) is 3. The molecule has 0 saturated heterocycles. The molecule has 4 heterocycles. The summed E-state index contributed by atoms with van der Waals surface area (Å²) in [7, 11) is 3.09. The highest BCUT2D eigenvalue weighted by molar-refractivity contribution is 5.78. The van der Waals surface area contributed by atoms with Gasteiger partial charge >= 0.3 is 0 Å². The highest BCUT2D eigenvalue weighted by Crippen LogP contribution is 2.35. The molecule has 4 rings (SSSR count). The number of pyridine rings is 2. The van der Waals surface area contributed by atoms with E-state index in [1.807, 2.05) is 12.1 Å². The molecule has 0 radical (unpaired) electrons. The van der Waals surface area contributed by atoms with Crippen molar-refractivity contribution in [2.24, 2.45) is 0 Å². The van der Waals surface area contributed by atoms with Crippen LogP contribution >= 0.6 is 0 Å². The lowest BCUT2D eigenvalue weighted by molar-refractivity contribution is 0.415. The van der Waals surface area contributed by atoms with Crippen molar-refractivity contribution < 1.29 is 9.47 Å². The van der Waals surface area contributed by atoms with E-state index in [4.69, 9.17) is 30.9 Å². The van der Waals surface area contributed by atoms with E-state index in [1.54, 1.807) is 31.8 Å². The number of methoxy groups -OCH3 is 2. The fourth-order valence-corrected chi connectivity index (χ4v) is 3.25. The van der Waals surface area contributed by atoms with Gasteiger partial charge in [0, 0.05) is 35.1 Å². The zero-order valence-corrected chi connectivity index (χ0v) is 19.2. The van der Waals surface area contributed by atoms with Gasteiger partial charge in [0.1, 0.15) is 5.82 Å². The van der Waals surface area contributed by atoms with Gasteiger partial charge in [-0.15, -0.1) is 0 Å². The molecule has 0 aliphatic carbocycles. The zero-order valence-electron chi connectivity index (χ0n) is 19.2. The summed E-state index contributed by atoms with van der Waals surface area (Å²) in [5.41, 5.74) is 15.0. The summed E-state index contributed by atoms with van der Waals surface area (Å²) in [6.45, 7) is 6.25. The average Bonchev–Trinajstić information content (AvgIpc) is 3.26. The van der Waals surface area contributed by atoms with Crippen LogP contribution in [0.1, 0.15) is 26.6 Å². The van der Waals surface area contributed by atoms with Gasteiger partial charge in [0.05, 0.1) is 31.3 Å². The molecule has 0 fully saturated rings. The van der Waals surface area contributed by atoms with Crippen LogP contribution in [0.2, 0.25) is 0 Å². The number of nitrogens with two attached hydrogens (primary N) is 2. The second kappa shape index (κ2) is 8.38. The molecular formula is C23H26N8O2. The Bertz CT molecular complexity index is 1310. The van der Waals surface area contributed by atoms with Crippen LogP contribution < -0.4 is 20.9 Å². The molecule has 4 aromatic rings. The van der Waals surface area contributed by atoms with E-state index in [-0.39, 0.29) is 5.41 Å². The molecule has 0 saturated carbocycles. The Morgan fingerprint density at radius 2 is 1.45 bits per heavy atom. The van der Waals surface area contributed by atoms with Crippen molar-refractivity contribution in [2.75, 3.05) is 25.7 Å². The number of nitrogens with one attached hydrogen (secondary N) is 1. The molecule has 0 aliphatic heterocycles. The minimum Gasteiger partial charge on any atom is -0.493 e. The third-order valence-corrected chi connectivity index (χ3v) is 5.06. The number of anilines is 2. The molecule has 0 spiro atoms. The maximum Gasteiger partial charge on any atom is 0.166 e. The predicted molar refractivity (Wildman–Crippen MR) is 127 cm³/mol. The van der Waals surface area contributed by atoms with Gasteiger partial charge in [-0.1, -0.05) is 20.8 Å². The van der Waals surface area contributed by atoms with E-state index < -0.39 is 0 Å². The molecular weight excluding hydrogens is 420 g/mol. The van der Waals surface area contributed by atoms with E-state index in [0.29, 0.717) is 45.9 Å². The Morgan fingerprint density at radius 1 is 0.848 bits per heavy atom. The summed E-state index contributed by atoms with van der Waals surface area (Å²) < 4.78 is 10.6. The van der Waals surface area contributed by atoms with E-state index >= 15 is 0 Å². The van der Waals surface area contributed by atoms with Crippen LogP contribution in [-0.4, -0.2) is 44.1 Å². The Hall–Kier alpha value is -4.21.